The Bertz CT molecular complexity index is 2340. The molecule has 0 amide bonds. The molecule has 67 heavy (non-hydrogen) atoms. The van der Waals surface area contributed by atoms with E-state index in [1.807, 2.05) is 0 Å². The highest BCUT2D eigenvalue weighted by Crippen LogP contribution is 2.40. The minimum atomic E-state index is -2.68. The molecule has 0 aromatic heterocycles. The van der Waals surface area contributed by atoms with E-state index in [1.165, 1.54) is 0 Å². The summed E-state index contributed by atoms with van der Waals surface area (Å²) in [7, 11) is 0. The summed E-state index contributed by atoms with van der Waals surface area (Å²) in [6.45, 7) is 0. The van der Waals surface area contributed by atoms with Crippen LogP contribution in [0, 0.1) is 175 Å². The van der Waals surface area contributed by atoms with E-state index in [2.05, 4.69) is 0 Å². The minimum Gasteiger partial charge on any atom is -0.203 e. The van der Waals surface area contributed by atoms with Crippen LogP contribution in [0.1, 0.15) is 0 Å². The van der Waals surface area contributed by atoms with Gasteiger partial charge in [-0.2, -0.15) is 0 Å². The summed E-state index contributed by atoms with van der Waals surface area (Å²) in [6, 6.07) is 0. The van der Waals surface area contributed by atoms with Crippen molar-refractivity contribution in [2.75, 3.05) is 0 Å². The van der Waals surface area contributed by atoms with E-state index < -0.39 is 208 Å². The third-order valence-corrected chi connectivity index (χ3v) is 8.01. The maximum absolute atomic E-state index is 13.4. The summed E-state index contributed by atoms with van der Waals surface area (Å²) in [5.74, 6) is -79.9. The quantitative estimate of drug-likeness (QED) is 0.0717. The first-order valence-corrected chi connectivity index (χ1v) is 15.4. The second-order valence-electron chi connectivity index (χ2n) is 11.7. The number of hydrogen-bond acceptors (Lipinski definition) is 0. The third-order valence-electron chi connectivity index (χ3n) is 8.01. The molecule has 6 aromatic rings. The average molecular weight is 1020 g/mol. The van der Waals surface area contributed by atoms with Crippen LogP contribution in [-0.2, 0) is 0 Å². The fourth-order valence-corrected chi connectivity index (χ4v) is 4.95. The van der Waals surface area contributed by atoms with E-state index in [4.69, 9.17) is 0 Å². The van der Waals surface area contributed by atoms with Crippen molar-refractivity contribution in [3.63, 3.8) is 0 Å². The minimum absolute atomic E-state index is 0. The van der Waals surface area contributed by atoms with Gasteiger partial charge in [0.05, 0.1) is 41.8 Å². The Balaban J connectivity index is 0.000000264. The summed E-state index contributed by atoms with van der Waals surface area (Å²) in [5.41, 5.74) is -13.6. The first kappa shape index (κ1) is 54.6. The summed E-state index contributed by atoms with van der Waals surface area (Å²) >= 11 is 0. The maximum atomic E-state index is 13.4. The zero-order chi connectivity index (χ0) is 50.8. The Hall–Kier alpha value is -6.72. The van der Waals surface area contributed by atoms with Crippen LogP contribution in [0.2, 0.25) is 0 Å². The molecule has 0 radical (unpaired) electrons. The molecule has 6 aromatic carbocycles. The Morgan fingerprint density at radius 2 is 0.134 bits per heavy atom. The lowest BCUT2D eigenvalue weighted by molar-refractivity contribution is 0.370. The van der Waals surface area contributed by atoms with Gasteiger partial charge >= 0.3 is 0 Å². The summed E-state index contributed by atoms with van der Waals surface area (Å²) in [5, 5.41) is 0. The monoisotopic (exact) mass is 1020 g/mol. The van der Waals surface area contributed by atoms with E-state index >= 15 is 0 Å². The zero-order valence-electron chi connectivity index (χ0n) is 29.3. The molecule has 0 spiro atoms. The van der Waals surface area contributed by atoms with Crippen molar-refractivity contribution in [2.24, 2.45) is 0 Å². The molecule has 0 N–H and O–H groups in total. The number of benzene rings is 6. The van der Waals surface area contributed by atoms with E-state index in [0.29, 0.717) is 0 Å². The molecule has 0 heterocycles. The van der Waals surface area contributed by atoms with Gasteiger partial charge in [0, 0.05) is 0 Å². The maximum Gasteiger partial charge on any atom is 0.200 e. The molecule has 0 nitrogen and oxygen atoms in total. The molecule has 0 saturated carbocycles. The third kappa shape index (κ3) is 8.73. The van der Waals surface area contributed by atoms with Crippen molar-refractivity contribution in [3.8, 4) is 33.4 Å². The fraction of sp³-hybridized carbons (Fsp3) is 0. The lowest BCUT2D eigenvalue weighted by Gasteiger charge is -2.11. The van der Waals surface area contributed by atoms with Crippen LogP contribution in [0.15, 0.2) is 0 Å². The largest absolute Gasteiger partial charge is 0.203 e. The molecule has 31 heteroatoms. The van der Waals surface area contributed by atoms with E-state index in [1.54, 1.807) is 0 Å². The number of rotatable bonds is 3. The molecular weight excluding hydrogens is 1010 g/mol. The SMILES string of the molecule is B.Fc1c(F)c(F)c(-c2c(F)c(F)c(F)c(F)c2F)c(F)c1F.Fc1c(F)c(F)c(-c2c(F)c(F)c(F)c(F)c2F)c(F)c1F.Fc1c(F)c(F)c(-c2c(F)c(F)c(F)c(F)c2F)c(F)c1F. The first-order chi connectivity index (χ1) is 30.3. The van der Waals surface area contributed by atoms with Crippen molar-refractivity contribution in [1.82, 2.24) is 0 Å². The summed E-state index contributed by atoms with van der Waals surface area (Å²) in [4.78, 5) is 0. The number of halogens is 30. The second kappa shape index (κ2) is 19.6. The molecule has 0 aliphatic carbocycles. The first-order valence-electron chi connectivity index (χ1n) is 15.4. The van der Waals surface area contributed by atoms with Gasteiger partial charge in [-0.1, -0.05) is 0 Å². The van der Waals surface area contributed by atoms with Gasteiger partial charge in [-0.3, -0.25) is 0 Å². The summed E-state index contributed by atoms with van der Waals surface area (Å²) in [6.07, 6.45) is 0. The topological polar surface area (TPSA) is 0 Å². The predicted octanol–water partition coefficient (Wildman–Crippen LogP) is 13.0. The second-order valence-corrected chi connectivity index (χ2v) is 11.7. The smallest absolute Gasteiger partial charge is 0.200 e. The standard InChI is InChI=1S/3C12F10.BH3/c3*13-3-1(4(14)8(18)11(21)7(3)17)2-5(15)9(19)12(22)10(20)6(2)16;/h;;;1H3. The van der Waals surface area contributed by atoms with Crippen LogP contribution in [0.25, 0.3) is 33.4 Å². The normalized spacial score (nSPS) is 11.0. The van der Waals surface area contributed by atoms with Gasteiger partial charge in [0.15, 0.2) is 140 Å². The van der Waals surface area contributed by atoms with Crippen LogP contribution in [-0.4, -0.2) is 8.41 Å². The highest BCUT2D eigenvalue weighted by atomic mass is 19.2. The van der Waals surface area contributed by atoms with Crippen molar-refractivity contribution in [2.45, 2.75) is 0 Å². The van der Waals surface area contributed by atoms with Gasteiger partial charge in [0.2, 0.25) is 34.9 Å². The van der Waals surface area contributed by atoms with Gasteiger partial charge in [-0.25, -0.2) is 132 Å². The molecule has 0 saturated heterocycles. The Morgan fingerprint density at radius 1 is 0.0896 bits per heavy atom. The molecule has 0 atom stereocenters. The molecular formula is C36H3BF30. The molecule has 0 unspecified atom stereocenters. The molecule has 0 bridgehead atoms. The van der Waals surface area contributed by atoms with Crippen LogP contribution >= 0.6 is 0 Å². The highest BCUT2D eigenvalue weighted by Gasteiger charge is 2.37. The molecule has 0 fully saturated rings. The molecule has 360 valence electrons. The van der Waals surface area contributed by atoms with Crippen LogP contribution in [0.5, 0.6) is 0 Å². The average Bonchev–Trinajstić information content (AvgIpc) is 3.29. The Morgan fingerprint density at radius 3 is 0.194 bits per heavy atom. The van der Waals surface area contributed by atoms with E-state index in [-0.39, 0.29) is 8.41 Å². The number of hydrogen-bond donors (Lipinski definition) is 0. The fourth-order valence-electron chi connectivity index (χ4n) is 4.95. The highest BCUT2D eigenvalue weighted by molar-refractivity contribution is 5.75. The van der Waals surface area contributed by atoms with Crippen LogP contribution < -0.4 is 0 Å². The van der Waals surface area contributed by atoms with Crippen molar-refractivity contribution >= 4 is 8.41 Å². The van der Waals surface area contributed by atoms with Gasteiger partial charge in [-0.15, -0.1) is 0 Å². The van der Waals surface area contributed by atoms with Gasteiger partial charge in [0.25, 0.3) is 0 Å². The van der Waals surface area contributed by atoms with Crippen LogP contribution in [0.4, 0.5) is 132 Å². The van der Waals surface area contributed by atoms with Crippen LogP contribution in [0.3, 0.4) is 0 Å². The van der Waals surface area contributed by atoms with Crippen molar-refractivity contribution < 1.29 is 132 Å². The molecule has 0 aliphatic rings. The van der Waals surface area contributed by atoms with Crippen molar-refractivity contribution in [1.29, 1.82) is 0 Å². The van der Waals surface area contributed by atoms with Gasteiger partial charge < -0.3 is 0 Å². The van der Waals surface area contributed by atoms with Gasteiger partial charge in [0.1, 0.15) is 0 Å². The zero-order valence-corrected chi connectivity index (χ0v) is 29.3. The Labute approximate surface area is 348 Å². The molecule has 0 aliphatic heterocycles. The predicted molar refractivity (Wildman–Crippen MR) is 164 cm³/mol. The van der Waals surface area contributed by atoms with E-state index in [0.717, 1.165) is 0 Å². The lowest BCUT2D eigenvalue weighted by atomic mass is 10.0. The Kier molecular flexibility index (Phi) is 16.0. The molecule has 6 rings (SSSR count). The summed E-state index contributed by atoms with van der Waals surface area (Å²) < 4.78 is 393. The lowest BCUT2D eigenvalue weighted by Crippen LogP contribution is -2.10. The van der Waals surface area contributed by atoms with Crippen molar-refractivity contribution in [3.05, 3.63) is 175 Å². The van der Waals surface area contributed by atoms with Gasteiger partial charge in [-0.05, 0) is 0 Å². The van der Waals surface area contributed by atoms with E-state index in [9.17, 15) is 132 Å².